The molecule has 0 saturated heterocycles. The second-order valence-corrected chi connectivity index (χ2v) is 3.77. The van der Waals surface area contributed by atoms with Crippen LogP contribution in [0.1, 0.15) is 6.92 Å². The molecule has 1 aromatic rings. The molecule has 4 nitrogen and oxygen atoms in total. The van der Waals surface area contributed by atoms with Gasteiger partial charge >= 0.3 is 5.97 Å². The quantitative estimate of drug-likeness (QED) is 0.794. The molecular weight excluding hydrogens is 218 g/mol. The van der Waals surface area contributed by atoms with Gasteiger partial charge in [-0.1, -0.05) is 12.1 Å². The van der Waals surface area contributed by atoms with Crippen molar-refractivity contribution >= 4 is 11.7 Å². The van der Waals surface area contributed by atoms with Gasteiger partial charge in [0.15, 0.2) is 0 Å². The van der Waals surface area contributed by atoms with Gasteiger partial charge in [0, 0.05) is 30.9 Å². The van der Waals surface area contributed by atoms with Gasteiger partial charge in [-0.15, -0.1) is 0 Å². The van der Waals surface area contributed by atoms with E-state index in [-0.39, 0.29) is 0 Å². The van der Waals surface area contributed by atoms with Crippen LogP contribution in [0.15, 0.2) is 35.9 Å². The summed E-state index contributed by atoms with van der Waals surface area (Å²) in [5.41, 5.74) is 1.33. The number of carboxylic acid groups (broad SMARTS) is 1. The molecule has 1 aromatic carbocycles. The Morgan fingerprint density at radius 3 is 2.82 bits per heavy atom. The van der Waals surface area contributed by atoms with Crippen LogP contribution in [0.2, 0.25) is 0 Å². The highest BCUT2D eigenvalue weighted by molar-refractivity contribution is 5.85. The first-order valence-corrected chi connectivity index (χ1v) is 5.30. The lowest BCUT2D eigenvalue weighted by atomic mass is 10.2. The minimum absolute atomic E-state index is 0.347. The van der Waals surface area contributed by atoms with E-state index in [9.17, 15) is 4.79 Å². The van der Waals surface area contributed by atoms with E-state index in [1.807, 2.05) is 36.2 Å². The maximum atomic E-state index is 10.6. The smallest absolute Gasteiger partial charge is 0.331 e. The van der Waals surface area contributed by atoms with Gasteiger partial charge in [-0.3, -0.25) is 0 Å². The minimum atomic E-state index is -0.885. The van der Waals surface area contributed by atoms with Gasteiger partial charge in [0.2, 0.25) is 0 Å². The molecule has 0 aliphatic carbocycles. The first kappa shape index (κ1) is 13.1. The van der Waals surface area contributed by atoms with Gasteiger partial charge < -0.3 is 14.7 Å². The van der Waals surface area contributed by atoms with E-state index >= 15 is 0 Å². The highest BCUT2D eigenvalue weighted by Gasteiger charge is 2.03. The Kier molecular flexibility index (Phi) is 4.57. The SMILES string of the molecule is COc1cccc(N(C)CC=C(C)C(=O)O)c1. The third-order valence-electron chi connectivity index (χ3n) is 2.50. The summed E-state index contributed by atoms with van der Waals surface area (Å²) >= 11 is 0. The summed E-state index contributed by atoms with van der Waals surface area (Å²) < 4.78 is 5.13. The van der Waals surface area contributed by atoms with Crippen molar-refractivity contribution in [2.24, 2.45) is 0 Å². The largest absolute Gasteiger partial charge is 0.497 e. The third kappa shape index (κ3) is 3.83. The summed E-state index contributed by atoms with van der Waals surface area (Å²) in [5.74, 6) is -0.0997. The Morgan fingerprint density at radius 2 is 2.24 bits per heavy atom. The predicted molar refractivity (Wildman–Crippen MR) is 67.7 cm³/mol. The Hall–Kier alpha value is -1.97. The van der Waals surface area contributed by atoms with Gasteiger partial charge in [-0.05, 0) is 19.1 Å². The van der Waals surface area contributed by atoms with E-state index in [2.05, 4.69) is 0 Å². The molecule has 17 heavy (non-hydrogen) atoms. The third-order valence-corrected chi connectivity index (χ3v) is 2.50. The summed E-state index contributed by atoms with van der Waals surface area (Å²) in [4.78, 5) is 12.6. The number of hydrogen-bond donors (Lipinski definition) is 1. The van der Waals surface area contributed by atoms with Crippen molar-refractivity contribution in [1.29, 1.82) is 0 Å². The number of nitrogens with zero attached hydrogens (tertiary/aromatic N) is 1. The lowest BCUT2D eigenvalue weighted by Crippen LogP contribution is -2.17. The van der Waals surface area contributed by atoms with Crippen LogP contribution in [0.5, 0.6) is 5.75 Å². The molecule has 0 spiro atoms. The molecule has 0 fully saturated rings. The van der Waals surface area contributed by atoms with Crippen molar-refractivity contribution in [2.45, 2.75) is 6.92 Å². The van der Waals surface area contributed by atoms with Crippen molar-refractivity contribution in [3.8, 4) is 5.75 Å². The highest BCUT2D eigenvalue weighted by Crippen LogP contribution is 2.19. The van der Waals surface area contributed by atoms with Crippen LogP contribution < -0.4 is 9.64 Å². The lowest BCUT2D eigenvalue weighted by molar-refractivity contribution is -0.132. The summed E-state index contributed by atoms with van der Waals surface area (Å²) in [7, 11) is 3.52. The zero-order chi connectivity index (χ0) is 12.8. The van der Waals surface area contributed by atoms with Gasteiger partial charge in [0.25, 0.3) is 0 Å². The molecule has 0 aliphatic rings. The fraction of sp³-hybridized carbons (Fsp3) is 0.308. The molecule has 0 aliphatic heterocycles. The molecule has 0 heterocycles. The van der Waals surface area contributed by atoms with E-state index in [0.717, 1.165) is 11.4 Å². The number of ether oxygens (including phenoxy) is 1. The second-order valence-electron chi connectivity index (χ2n) is 3.77. The number of hydrogen-bond acceptors (Lipinski definition) is 3. The molecule has 0 saturated carbocycles. The van der Waals surface area contributed by atoms with E-state index in [0.29, 0.717) is 12.1 Å². The Balaban J connectivity index is 2.72. The number of methoxy groups -OCH3 is 1. The molecule has 1 rings (SSSR count). The van der Waals surface area contributed by atoms with Crippen LogP contribution in [0, 0.1) is 0 Å². The number of carboxylic acids is 1. The Bertz CT molecular complexity index is 426. The number of benzene rings is 1. The molecule has 0 atom stereocenters. The number of carbonyl (C=O) groups is 1. The van der Waals surface area contributed by atoms with Gasteiger partial charge in [-0.25, -0.2) is 4.79 Å². The summed E-state index contributed by atoms with van der Waals surface area (Å²) in [6.45, 7) is 2.13. The van der Waals surface area contributed by atoms with E-state index in [1.54, 1.807) is 20.1 Å². The molecule has 0 bridgehead atoms. The number of rotatable bonds is 5. The predicted octanol–water partition coefficient (Wildman–Crippen LogP) is 2.16. The van der Waals surface area contributed by atoms with E-state index in [4.69, 9.17) is 9.84 Å². The first-order chi connectivity index (χ1) is 8.04. The molecule has 0 amide bonds. The van der Waals surface area contributed by atoms with Crippen LogP contribution in [-0.4, -0.2) is 31.8 Å². The van der Waals surface area contributed by atoms with Crippen molar-refractivity contribution in [1.82, 2.24) is 0 Å². The highest BCUT2D eigenvalue weighted by atomic mass is 16.5. The van der Waals surface area contributed by atoms with Crippen LogP contribution in [0.3, 0.4) is 0 Å². The zero-order valence-electron chi connectivity index (χ0n) is 10.3. The Labute approximate surface area is 101 Å². The van der Waals surface area contributed by atoms with E-state index < -0.39 is 5.97 Å². The van der Waals surface area contributed by atoms with Crippen molar-refractivity contribution in [2.75, 3.05) is 25.6 Å². The average Bonchev–Trinajstić information content (AvgIpc) is 2.35. The first-order valence-electron chi connectivity index (χ1n) is 5.30. The maximum Gasteiger partial charge on any atom is 0.331 e. The number of anilines is 1. The Morgan fingerprint density at radius 1 is 1.53 bits per heavy atom. The lowest BCUT2D eigenvalue weighted by Gasteiger charge is -2.18. The van der Waals surface area contributed by atoms with Crippen molar-refractivity contribution in [3.63, 3.8) is 0 Å². The number of likely N-dealkylation sites (N-methyl/N-ethyl adjacent to an activating group) is 1. The van der Waals surface area contributed by atoms with Crippen LogP contribution >= 0.6 is 0 Å². The summed E-state index contributed by atoms with van der Waals surface area (Å²) in [6.07, 6.45) is 1.68. The fourth-order valence-electron chi connectivity index (χ4n) is 1.31. The topological polar surface area (TPSA) is 49.8 Å². The molecule has 0 radical (unpaired) electrons. The van der Waals surface area contributed by atoms with Crippen LogP contribution in [-0.2, 0) is 4.79 Å². The maximum absolute atomic E-state index is 10.6. The molecule has 92 valence electrons. The molecule has 1 N–H and O–H groups in total. The van der Waals surface area contributed by atoms with Gasteiger partial charge in [0.05, 0.1) is 7.11 Å². The fourth-order valence-corrected chi connectivity index (χ4v) is 1.31. The zero-order valence-corrected chi connectivity index (χ0v) is 10.3. The molecule has 4 heteroatoms. The van der Waals surface area contributed by atoms with Gasteiger partial charge in [-0.2, -0.15) is 0 Å². The molecular formula is C13H17NO3. The normalized spacial score (nSPS) is 11.1. The van der Waals surface area contributed by atoms with Crippen molar-refractivity contribution < 1.29 is 14.6 Å². The van der Waals surface area contributed by atoms with Gasteiger partial charge in [0.1, 0.15) is 5.75 Å². The second kappa shape index (κ2) is 5.94. The molecule has 0 aromatic heterocycles. The average molecular weight is 235 g/mol. The summed E-state index contributed by atoms with van der Waals surface area (Å²) in [5, 5.41) is 8.74. The monoisotopic (exact) mass is 235 g/mol. The standard InChI is InChI=1S/C13H17NO3/c1-10(13(15)16)7-8-14(2)11-5-4-6-12(9-11)17-3/h4-7,9H,8H2,1-3H3,(H,15,16). The molecule has 0 unspecified atom stereocenters. The van der Waals surface area contributed by atoms with E-state index in [1.165, 1.54) is 0 Å². The van der Waals surface area contributed by atoms with Crippen molar-refractivity contribution in [3.05, 3.63) is 35.9 Å². The minimum Gasteiger partial charge on any atom is -0.497 e. The summed E-state index contributed by atoms with van der Waals surface area (Å²) in [6, 6.07) is 7.63. The van der Waals surface area contributed by atoms with Crippen LogP contribution in [0.4, 0.5) is 5.69 Å². The van der Waals surface area contributed by atoms with Crippen LogP contribution in [0.25, 0.3) is 0 Å². The number of aliphatic carboxylic acids is 1.